The zero-order chi connectivity index (χ0) is 16.4. The standard InChI is InChI=1S/C17H29N5O/c1-12-4-6-14(7-5-12)21(3)17(23)16-13(2)22(20-19-16)15-8-10-18-11-9-15/h12,14-15,18H,4-11H2,1-3H3. The van der Waals surface area contributed by atoms with Gasteiger partial charge in [-0.25, -0.2) is 4.68 Å². The van der Waals surface area contributed by atoms with E-state index in [1.165, 1.54) is 12.8 Å². The van der Waals surface area contributed by atoms with Crippen molar-refractivity contribution in [2.45, 2.75) is 64.5 Å². The lowest BCUT2D eigenvalue weighted by Crippen LogP contribution is -2.39. The summed E-state index contributed by atoms with van der Waals surface area (Å²) in [7, 11) is 1.92. The number of nitrogens with zero attached hydrogens (tertiary/aromatic N) is 4. The Morgan fingerprint density at radius 1 is 1.17 bits per heavy atom. The van der Waals surface area contributed by atoms with Crippen LogP contribution in [-0.4, -0.2) is 52.0 Å². The van der Waals surface area contributed by atoms with E-state index >= 15 is 0 Å². The SMILES string of the molecule is Cc1c(C(=O)N(C)C2CCC(C)CC2)nnn1C1CCNCC1. The maximum Gasteiger partial charge on any atom is 0.276 e. The molecule has 6 nitrogen and oxygen atoms in total. The molecule has 1 aliphatic heterocycles. The molecule has 1 aliphatic carbocycles. The van der Waals surface area contributed by atoms with Gasteiger partial charge in [0.25, 0.3) is 5.91 Å². The lowest BCUT2D eigenvalue weighted by atomic mass is 9.86. The van der Waals surface area contributed by atoms with E-state index in [4.69, 9.17) is 0 Å². The van der Waals surface area contributed by atoms with E-state index in [2.05, 4.69) is 22.6 Å². The third-order valence-electron chi connectivity index (χ3n) is 5.64. The summed E-state index contributed by atoms with van der Waals surface area (Å²) in [6, 6.07) is 0.716. The minimum Gasteiger partial charge on any atom is -0.337 e. The molecule has 128 valence electrons. The summed E-state index contributed by atoms with van der Waals surface area (Å²) in [6.07, 6.45) is 6.73. The van der Waals surface area contributed by atoms with E-state index in [1.807, 2.05) is 23.6 Å². The van der Waals surface area contributed by atoms with Crippen molar-refractivity contribution in [2.24, 2.45) is 5.92 Å². The highest BCUT2D eigenvalue weighted by Crippen LogP contribution is 2.28. The molecule has 1 saturated carbocycles. The third-order valence-corrected chi connectivity index (χ3v) is 5.64. The van der Waals surface area contributed by atoms with Gasteiger partial charge >= 0.3 is 0 Å². The lowest BCUT2D eigenvalue weighted by Gasteiger charge is -2.33. The smallest absolute Gasteiger partial charge is 0.276 e. The molecule has 0 atom stereocenters. The van der Waals surface area contributed by atoms with Gasteiger partial charge in [0.2, 0.25) is 0 Å². The van der Waals surface area contributed by atoms with E-state index in [0.29, 0.717) is 17.8 Å². The average Bonchev–Trinajstić information content (AvgIpc) is 2.96. The molecule has 2 aliphatic rings. The second-order valence-electron chi connectivity index (χ2n) is 7.28. The second kappa shape index (κ2) is 6.99. The number of nitrogens with one attached hydrogen (secondary N) is 1. The number of rotatable bonds is 3. The Morgan fingerprint density at radius 2 is 1.83 bits per heavy atom. The van der Waals surface area contributed by atoms with Gasteiger partial charge in [-0.3, -0.25) is 4.79 Å². The highest BCUT2D eigenvalue weighted by Gasteiger charge is 2.29. The fourth-order valence-electron chi connectivity index (χ4n) is 3.90. The van der Waals surface area contributed by atoms with Crippen LogP contribution < -0.4 is 5.32 Å². The fraction of sp³-hybridized carbons (Fsp3) is 0.824. The molecule has 1 aromatic rings. The molecule has 3 rings (SSSR count). The first kappa shape index (κ1) is 16.4. The van der Waals surface area contributed by atoms with E-state index in [1.54, 1.807) is 0 Å². The number of hydrogen-bond acceptors (Lipinski definition) is 4. The van der Waals surface area contributed by atoms with Crippen molar-refractivity contribution in [2.75, 3.05) is 20.1 Å². The molecule has 23 heavy (non-hydrogen) atoms. The van der Waals surface area contributed by atoms with E-state index < -0.39 is 0 Å². The summed E-state index contributed by atoms with van der Waals surface area (Å²) in [5, 5.41) is 11.9. The van der Waals surface area contributed by atoms with Crippen molar-refractivity contribution >= 4 is 5.91 Å². The molecule has 2 fully saturated rings. The van der Waals surface area contributed by atoms with Crippen molar-refractivity contribution < 1.29 is 4.79 Å². The van der Waals surface area contributed by atoms with Gasteiger partial charge in [-0.2, -0.15) is 0 Å². The van der Waals surface area contributed by atoms with Crippen LogP contribution in [0.1, 0.15) is 67.7 Å². The molecule has 1 saturated heterocycles. The van der Waals surface area contributed by atoms with Crippen LogP contribution in [0.3, 0.4) is 0 Å². The molecule has 0 bridgehead atoms. The zero-order valence-corrected chi connectivity index (χ0v) is 14.6. The van der Waals surface area contributed by atoms with Crippen LogP contribution in [0.5, 0.6) is 0 Å². The highest BCUT2D eigenvalue weighted by atomic mass is 16.2. The van der Waals surface area contributed by atoms with Crippen LogP contribution in [0, 0.1) is 12.8 Å². The Balaban J connectivity index is 1.71. The Labute approximate surface area is 138 Å². The van der Waals surface area contributed by atoms with Crippen molar-refractivity contribution in [3.05, 3.63) is 11.4 Å². The van der Waals surface area contributed by atoms with Crippen molar-refractivity contribution in [1.82, 2.24) is 25.2 Å². The Bertz CT molecular complexity index is 541. The van der Waals surface area contributed by atoms with E-state index in [0.717, 1.165) is 50.4 Å². The van der Waals surface area contributed by atoms with Crippen LogP contribution in [0.2, 0.25) is 0 Å². The van der Waals surface area contributed by atoms with Crippen molar-refractivity contribution in [3.63, 3.8) is 0 Å². The summed E-state index contributed by atoms with van der Waals surface area (Å²) in [5.74, 6) is 0.819. The summed E-state index contributed by atoms with van der Waals surface area (Å²) < 4.78 is 1.96. The fourth-order valence-corrected chi connectivity index (χ4v) is 3.90. The summed E-state index contributed by atoms with van der Waals surface area (Å²) in [6.45, 7) is 6.29. The van der Waals surface area contributed by atoms with Crippen LogP contribution in [0.25, 0.3) is 0 Å². The van der Waals surface area contributed by atoms with Gasteiger partial charge in [0.05, 0.1) is 11.7 Å². The quantitative estimate of drug-likeness (QED) is 0.927. The van der Waals surface area contributed by atoms with E-state index in [9.17, 15) is 4.79 Å². The summed E-state index contributed by atoms with van der Waals surface area (Å²) >= 11 is 0. The van der Waals surface area contributed by atoms with Gasteiger partial charge < -0.3 is 10.2 Å². The molecule has 0 radical (unpaired) electrons. The highest BCUT2D eigenvalue weighted by molar-refractivity contribution is 5.93. The topological polar surface area (TPSA) is 63.1 Å². The van der Waals surface area contributed by atoms with Gasteiger partial charge in [-0.05, 0) is 64.5 Å². The predicted octanol–water partition coefficient (Wildman–Crippen LogP) is 2.16. The third kappa shape index (κ3) is 3.42. The molecular weight excluding hydrogens is 290 g/mol. The molecule has 1 amide bonds. The number of aromatic nitrogens is 3. The number of hydrogen-bond donors (Lipinski definition) is 1. The molecule has 1 N–H and O–H groups in total. The minimum atomic E-state index is 0.0298. The van der Waals surface area contributed by atoms with Crippen molar-refractivity contribution in [3.8, 4) is 0 Å². The van der Waals surface area contributed by atoms with Crippen LogP contribution in [0.15, 0.2) is 0 Å². The molecular formula is C17H29N5O. The normalized spacial score (nSPS) is 26.2. The van der Waals surface area contributed by atoms with Gasteiger partial charge in [0.1, 0.15) is 0 Å². The molecule has 2 heterocycles. The molecule has 0 spiro atoms. The summed E-state index contributed by atoms with van der Waals surface area (Å²) in [5.41, 5.74) is 1.45. The predicted molar refractivity (Wildman–Crippen MR) is 89.4 cm³/mol. The number of piperidine rings is 1. The van der Waals surface area contributed by atoms with Crippen LogP contribution >= 0.6 is 0 Å². The first-order chi connectivity index (χ1) is 11.1. The second-order valence-corrected chi connectivity index (χ2v) is 7.28. The first-order valence-corrected chi connectivity index (χ1v) is 8.97. The Hall–Kier alpha value is -1.43. The first-order valence-electron chi connectivity index (χ1n) is 8.97. The Kier molecular flexibility index (Phi) is 4.99. The molecule has 0 aromatic carbocycles. The van der Waals surface area contributed by atoms with Crippen LogP contribution in [0.4, 0.5) is 0 Å². The van der Waals surface area contributed by atoms with Gasteiger partial charge in [0, 0.05) is 13.1 Å². The average molecular weight is 319 g/mol. The van der Waals surface area contributed by atoms with E-state index in [-0.39, 0.29) is 5.91 Å². The van der Waals surface area contributed by atoms with Gasteiger partial charge in [-0.15, -0.1) is 5.10 Å². The monoisotopic (exact) mass is 319 g/mol. The molecule has 6 heteroatoms. The number of carbonyl (C=O) groups excluding carboxylic acids is 1. The largest absolute Gasteiger partial charge is 0.337 e. The maximum absolute atomic E-state index is 12.8. The lowest BCUT2D eigenvalue weighted by molar-refractivity contribution is 0.0672. The summed E-state index contributed by atoms with van der Waals surface area (Å²) in [4.78, 5) is 14.7. The zero-order valence-electron chi connectivity index (χ0n) is 14.6. The minimum absolute atomic E-state index is 0.0298. The number of carbonyl (C=O) groups is 1. The Morgan fingerprint density at radius 3 is 2.48 bits per heavy atom. The number of amides is 1. The molecule has 1 aromatic heterocycles. The maximum atomic E-state index is 12.8. The van der Waals surface area contributed by atoms with Crippen molar-refractivity contribution in [1.29, 1.82) is 0 Å². The van der Waals surface area contributed by atoms with Gasteiger partial charge in [0.15, 0.2) is 5.69 Å². The van der Waals surface area contributed by atoms with Crippen LogP contribution in [-0.2, 0) is 0 Å². The molecule has 0 unspecified atom stereocenters. The van der Waals surface area contributed by atoms with Gasteiger partial charge in [-0.1, -0.05) is 12.1 Å².